The number of halogens is 2. The molecule has 194 valence electrons. The molecule has 0 aliphatic rings. The highest BCUT2D eigenvalue weighted by Crippen LogP contribution is 2.24. The maximum atomic E-state index is 13.5. The number of carbonyl (C=O) groups is 1. The molecule has 0 saturated carbocycles. The highest BCUT2D eigenvalue weighted by atomic mass is 35.5. The van der Waals surface area contributed by atoms with Crippen molar-refractivity contribution in [3.8, 4) is 11.4 Å². The number of anilines is 1. The fraction of sp³-hybridized carbons (Fsp3) is 0.0645. The Morgan fingerprint density at radius 3 is 2.38 bits per heavy atom. The van der Waals surface area contributed by atoms with Gasteiger partial charge in [-0.2, -0.15) is 0 Å². The van der Waals surface area contributed by atoms with Crippen LogP contribution in [0.5, 0.6) is 5.75 Å². The van der Waals surface area contributed by atoms with Crippen LogP contribution in [0.2, 0.25) is 10.0 Å². The normalized spacial score (nSPS) is 11.2. The summed E-state index contributed by atoms with van der Waals surface area (Å²) >= 11 is 12.1. The Hall–Kier alpha value is -4.39. The van der Waals surface area contributed by atoms with Gasteiger partial charge in [0.15, 0.2) is 0 Å². The minimum Gasteiger partial charge on any atom is -0.489 e. The SMILES string of the molecule is CC(=O)Nc1ccc(-n2c(/C=C/c3ccc(OCc4ccc(Cl)c(Cl)c4)cc3)nc3ccccc3c2=O)cc1. The standard InChI is InChI=1S/C31H23Cl2N3O3/c1-20(37)34-23-10-12-24(13-11-23)36-30(35-29-5-3-2-4-26(29)31(36)38)17-9-21-6-14-25(15-7-21)39-19-22-8-16-27(32)28(33)18-22/h2-18H,19H2,1H3,(H,34,37)/b17-9+. The molecular weight excluding hydrogens is 533 g/mol. The number of fused-ring (bicyclic) bond motifs is 1. The average Bonchev–Trinajstić information content (AvgIpc) is 2.93. The first-order chi connectivity index (χ1) is 18.9. The number of nitrogens with one attached hydrogen (secondary N) is 1. The van der Waals surface area contributed by atoms with Gasteiger partial charge in [0.1, 0.15) is 18.2 Å². The molecule has 0 bridgehead atoms. The van der Waals surface area contributed by atoms with Crippen molar-refractivity contribution in [2.24, 2.45) is 0 Å². The van der Waals surface area contributed by atoms with Crippen LogP contribution >= 0.6 is 23.2 Å². The van der Waals surface area contributed by atoms with Gasteiger partial charge in [-0.15, -0.1) is 0 Å². The monoisotopic (exact) mass is 555 g/mol. The summed E-state index contributed by atoms with van der Waals surface area (Å²) in [7, 11) is 0. The molecule has 5 aromatic rings. The Morgan fingerprint density at radius 2 is 1.67 bits per heavy atom. The van der Waals surface area contributed by atoms with Gasteiger partial charge in [0.05, 0.1) is 26.6 Å². The quantitative estimate of drug-likeness (QED) is 0.227. The number of benzene rings is 4. The van der Waals surface area contributed by atoms with Gasteiger partial charge in [0.25, 0.3) is 5.56 Å². The number of rotatable bonds is 7. The topological polar surface area (TPSA) is 73.2 Å². The molecule has 0 radical (unpaired) electrons. The third kappa shape index (κ3) is 6.20. The van der Waals surface area contributed by atoms with E-state index in [1.807, 2.05) is 54.6 Å². The molecule has 0 unspecified atom stereocenters. The molecule has 1 amide bonds. The molecule has 5 rings (SSSR count). The highest BCUT2D eigenvalue weighted by molar-refractivity contribution is 6.42. The average molecular weight is 556 g/mol. The van der Waals surface area contributed by atoms with Gasteiger partial charge >= 0.3 is 0 Å². The first kappa shape index (κ1) is 26.2. The van der Waals surface area contributed by atoms with Crippen LogP contribution in [0.3, 0.4) is 0 Å². The molecule has 1 aromatic heterocycles. The third-order valence-corrected chi connectivity index (χ3v) is 6.68. The lowest BCUT2D eigenvalue weighted by Gasteiger charge is -2.12. The lowest BCUT2D eigenvalue weighted by Crippen LogP contribution is -2.22. The van der Waals surface area contributed by atoms with Crippen molar-refractivity contribution in [1.82, 2.24) is 9.55 Å². The van der Waals surface area contributed by atoms with E-state index in [1.165, 1.54) is 6.92 Å². The molecule has 39 heavy (non-hydrogen) atoms. The Kier molecular flexibility index (Phi) is 7.77. The molecule has 0 atom stereocenters. The van der Waals surface area contributed by atoms with E-state index in [2.05, 4.69) is 5.32 Å². The summed E-state index contributed by atoms with van der Waals surface area (Å²) in [6.45, 7) is 1.81. The van der Waals surface area contributed by atoms with Gasteiger partial charge in [-0.1, -0.05) is 59.6 Å². The predicted octanol–water partition coefficient (Wildman–Crippen LogP) is 7.40. The van der Waals surface area contributed by atoms with Gasteiger partial charge < -0.3 is 10.1 Å². The van der Waals surface area contributed by atoms with Crippen LogP contribution in [0, 0.1) is 0 Å². The van der Waals surface area contributed by atoms with Crippen LogP contribution < -0.4 is 15.6 Å². The van der Waals surface area contributed by atoms with Crippen molar-refractivity contribution in [1.29, 1.82) is 0 Å². The van der Waals surface area contributed by atoms with Crippen LogP contribution in [0.4, 0.5) is 5.69 Å². The first-order valence-electron chi connectivity index (χ1n) is 12.1. The Morgan fingerprint density at radius 1 is 0.923 bits per heavy atom. The minimum atomic E-state index is -0.182. The van der Waals surface area contributed by atoms with E-state index in [0.717, 1.165) is 11.1 Å². The van der Waals surface area contributed by atoms with Crippen LogP contribution in [-0.4, -0.2) is 15.5 Å². The maximum absolute atomic E-state index is 13.5. The Bertz CT molecular complexity index is 1750. The molecule has 1 heterocycles. The number of hydrogen-bond acceptors (Lipinski definition) is 4. The van der Waals surface area contributed by atoms with Gasteiger partial charge in [0, 0.05) is 12.6 Å². The molecule has 0 fully saturated rings. The number of aromatic nitrogens is 2. The van der Waals surface area contributed by atoms with Crippen LogP contribution in [0.1, 0.15) is 23.9 Å². The van der Waals surface area contributed by atoms with E-state index in [9.17, 15) is 9.59 Å². The fourth-order valence-electron chi connectivity index (χ4n) is 4.05. The Balaban J connectivity index is 1.41. The Labute approximate surface area is 235 Å². The zero-order valence-corrected chi connectivity index (χ0v) is 22.4. The van der Waals surface area contributed by atoms with Gasteiger partial charge in [-0.25, -0.2) is 4.98 Å². The van der Waals surface area contributed by atoms with E-state index in [4.69, 9.17) is 32.9 Å². The molecule has 0 saturated heterocycles. The number of carbonyl (C=O) groups excluding carboxylic acids is 1. The summed E-state index contributed by atoms with van der Waals surface area (Å²) in [5, 5.41) is 4.25. The van der Waals surface area contributed by atoms with Crippen molar-refractivity contribution < 1.29 is 9.53 Å². The smallest absolute Gasteiger partial charge is 0.266 e. The summed E-state index contributed by atoms with van der Waals surface area (Å²) < 4.78 is 7.43. The maximum Gasteiger partial charge on any atom is 0.266 e. The summed E-state index contributed by atoms with van der Waals surface area (Å²) in [5.41, 5.74) is 3.54. The zero-order chi connectivity index (χ0) is 27.4. The summed E-state index contributed by atoms with van der Waals surface area (Å²) in [4.78, 5) is 29.6. The lowest BCUT2D eigenvalue weighted by atomic mass is 10.2. The van der Waals surface area contributed by atoms with E-state index < -0.39 is 0 Å². The third-order valence-electron chi connectivity index (χ3n) is 5.94. The van der Waals surface area contributed by atoms with Crippen LogP contribution in [-0.2, 0) is 11.4 Å². The van der Waals surface area contributed by atoms with Crippen molar-refractivity contribution in [2.75, 3.05) is 5.32 Å². The molecule has 1 N–H and O–H groups in total. The van der Waals surface area contributed by atoms with E-state index in [-0.39, 0.29) is 11.5 Å². The van der Waals surface area contributed by atoms with Crippen molar-refractivity contribution in [3.63, 3.8) is 0 Å². The summed E-state index contributed by atoms with van der Waals surface area (Å²) in [6.07, 6.45) is 3.70. The highest BCUT2D eigenvalue weighted by Gasteiger charge is 2.11. The van der Waals surface area contributed by atoms with Crippen LogP contribution in [0.25, 0.3) is 28.7 Å². The predicted molar refractivity (Wildman–Crippen MR) is 158 cm³/mol. The molecule has 8 heteroatoms. The second-order valence-electron chi connectivity index (χ2n) is 8.80. The largest absolute Gasteiger partial charge is 0.489 e. The van der Waals surface area contributed by atoms with Crippen molar-refractivity contribution in [3.05, 3.63) is 128 Å². The van der Waals surface area contributed by atoms with Gasteiger partial charge in [0.2, 0.25) is 5.91 Å². The molecular formula is C31H23Cl2N3O3. The fourth-order valence-corrected chi connectivity index (χ4v) is 4.37. The summed E-state index contributed by atoms with van der Waals surface area (Å²) in [6, 6.07) is 27.3. The van der Waals surface area contributed by atoms with E-state index in [1.54, 1.807) is 53.1 Å². The number of ether oxygens (including phenoxy) is 1. The second kappa shape index (κ2) is 11.6. The molecule has 0 aliphatic carbocycles. The van der Waals surface area contributed by atoms with Crippen molar-refractivity contribution >= 4 is 57.9 Å². The number of amides is 1. The molecule has 0 spiro atoms. The minimum absolute atomic E-state index is 0.165. The number of para-hydroxylation sites is 1. The zero-order valence-electron chi connectivity index (χ0n) is 20.9. The number of hydrogen-bond donors (Lipinski definition) is 1. The van der Waals surface area contributed by atoms with E-state index >= 15 is 0 Å². The summed E-state index contributed by atoms with van der Waals surface area (Å²) in [5.74, 6) is 1.02. The van der Waals surface area contributed by atoms with Gasteiger partial charge in [-0.05, 0) is 77.9 Å². The lowest BCUT2D eigenvalue weighted by molar-refractivity contribution is -0.114. The number of nitrogens with zero attached hydrogens (tertiary/aromatic N) is 2. The van der Waals surface area contributed by atoms with Crippen LogP contribution in [0.15, 0.2) is 95.8 Å². The molecule has 4 aromatic carbocycles. The van der Waals surface area contributed by atoms with E-state index in [0.29, 0.717) is 50.5 Å². The van der Waals surface area contributed by atoms with Crippen molar-refractivity contribution in [2.45, 2.75) is 13.5 Å². The first-order valence-corrected chi connectivity index (χ1v) is 12.9. The molecule has 0 aliphatic heterocycles. The molecule has 6 nitrogen and oxygen atoms in total. The second-order valence-corrected chi connectivity index (χ2v) is 9.61. The van der Waals surface area contributed by atoms with Gasteiger partial charge in [-0.3, -0.25) is 14.2 Å².